The highest BCUT2D eigenvalue weighted by Gasteiger charge is 2.30. The fourth-order valence-corrected chi connectivity index (χ4v) is 4.76. The van der Waals surface area contributed by atoms with Crippen LogP contribution in [0.5, 0.6) is 0 Å². The molecule has 0 fully saturated rings. The number of likely N-dealkylation sites (N-methyl/N-ethyl adjacent to an activating group) is 1. The number of fused-ring (bicyclic) bond motifs is 2. The molecule has 2 amide bonds. The Kier molecular flexibility index (Phi) is 5.29. The highest BCUT2D eigenvalue weighted by atomic mass is 32.1. The molecular weight excluding hydrogens is 443 g/mol. The largest absolute Gasteiger partial charge is 0.340 e. The monoisotopic (exact) mass is 464 g/mol. The van der Waals surface area contributed by atoms with Crippen molar-refractivity contribution in [1.82, 2.24) is 14.6 Å². The molecular formula is C23H21FN6O2S. The number of benzene rings is 2. The third kappa shape index (κ3) is 4.05. The Morgan fingerprint density at radius 2 is 2.00 bits per heavy atom. The quantitative estimate of drug-likeness (QED) is 0.497. The highest BCUT2D eigenvalue weighted by molar-refractivity contribution is 7.20. The molecule has 8 nitrogen and oxygen atoms in total. The van der Waals surface area contributed by atoms with Crippen molar-refractivity contribution in [2.75, 3.05) is 28.7 Å². The van der Waals surface area contributed by atoms with Crippen LogP contribution in [0.15, 0.2) is 54.7 Å². The van der Waals surface area contributed by atoms with Gasteiger partial charge in [-0.25, -0.2) is 13.9 Å². The van der Waals surface area contributed by atoms with E-state index >= 15 is 0 Å². The lowest BCUT2D eigenvalue weighted by Crippen LogP contribution is -2.44. The van der Waals surface area contributed by atoms with Crippen molar-refractivity contribution >= 4 is 44.6 Å². The number of anilines is 3. The topological polar surface area (TPSA) is 82.8 Å². The summed E-state index contributed by atoms with van der Waals surface area (Å²) in [5.41, 5.74) is 2.82. The lowest BCUT2D eigenvalue weighted by atomic mass is 10.1. The Labute approximate surface area is 193 Å². The number of carbonyl (C=O) groups is 2. The molecule has 10 heteroatoms. The first-order valence-corrected chi connectivity index (χ1v) is 11.2. The van der Waals surface area contributed by atoms with Crippen LogP contribution in [0.3, 0.4) is 0 Å². The van der Waals surface area contributed by atoms with Crippen molar-refractivity contribution in [3.8, 4) is 11.3 Å². The third-order valence-corrected chi connectivity index (χ3v) is 6.54. The summed E-state index contributed by atoms with van der Waals surface area (Å²) in [5.74, 6) is -0.543. The fraction of sp³-hybridized carbons (Fsp3) is 0.217. The first-order valence-electron chi connectivity index (χ1n) is 10.4. The maximum Gasteiger partial charge on any atom is 0.246 e. The van der Waals surface area contributed by atoms with E-state index in [4.69, 9.17) is 0 Å². The van der Waals surface area contributed by atoms with Gasteiger partial charge in [-0.15, -0.1) is 5.10 Å². The molecule has 168 valence electrons. The van der Waals surface area contributed by atoms with E-state index in [-0.39, 0.29) is 36.6 Å². The van der Waals surface area contributed by atoms with E-state index in [2.05, 4.69) is 15.4 Å². The highest BCUT2D eigenvalue weighted by Crippen LogP contribution is 2.32. The number of halogens is 1. The van der Waals surface area contributed by atoms with Crippen LogP contribution >= 0.6 is 11.3 Å². The number of imidazole rings is 1. The van der Waals surface area contributed by atoms with Gasteiger partial charge in [0, 0.05) is 25.1 Å². The van der Waals surface area contributed by atoms with Gasteiger partial charge in [0.05, 0.1) is 29.8 Å². The molecule has 1 aliphatic rings. The second-order valence-electron chi connectivity index (χ2n) is 7.98. The molecule has 2 aromatic carbocycles. The zero-order valence-corrected chi connectivity index (χ0v) is 18.8. The van der Waals surface area contributed by atoms with E-state index in [9.17, 15) is 14.0 Å². The van der Waals surface area contributed by atoms with Crippen LogP contribution in [0.1, 0.15) is 13.3 Å². The number of amides is 2. The second kappa shape index (κ2) is 8.28. The SMILES string of the molecule is CC1CC(=O)Nc2ccccc2N1C(=O)CN(C)c1nn2cc(-c3ccc(F)cc3)nc2s1. The Morgan fingerprint density at radius 1 is 1.24 bits per heavy atom. The molecule has 1 N–H and O–H groups in total. The summed E-state index contributed by atoms with van der Waals surface area (Å²) in [6.45, 7) is 1.96. The van der Waals surface area contributed by atoms with Crippen molar-refractivity contribution in [3.05, 3.63) is 60.5 Å². The summed E-state index contributed by atoms with van der Waals surface area (Å²) < 4.78 is 14.8. The Morgan fingerprint density at radius 3 is 2.76 bits per heavy atom. The molecule has 1 unspecified atom stereocenters. The van der Waals surface area contributed by atoms with Crippen LogP contribution in [0.25, 0.3) is 16.2 Å². The molecule has 2 aromatic heterocycles. The van der Waals surface area contributed by atoms with Crippen molar-refractivity contribution in [1.29, 1.82) is 0 Å². The molecule has 1 atom stereocenters. The Hall–Kier alpha value is -3.79. The van der Waals surface area contributed by atoms with Crippen molar-refractivity contribution in [2.24, 2.45) is 0 Å². The van der Waals surface area contributed by atoms with Gasteiger partial charge in [-0.1, -0.05) is 23.5 Å². The van der Waals surface area contributed by atoms with Gasteiger partial charge in [0.15, 0.2) is 0 Å². The number of rotatable bonds is 4. The molecule has 0 saturated carbocycles. The number of aromatic nitrogens is 3. The van der Waals surface area contributed by atoms with Crippen molar-refractivity contribution in [2.45, 2.75) is 19.4 Å². The number of nitrogens with zero attached hydrogens (tertiary/aromatic N) is 5. The van der Waals surface area contributed by atoms with Gasteiger partial charge >= 0.3 is 0 Å². The molecule has 3 heterocycles. The number of hydrogen-bond acceptors (Lipinski definition) is 6. The maximum atomic E-state index is 13.3. The van der Waals surface area contributed by atoms with Gasteiger partial charge in [-0.3, -0.25) is 9.59 Å². The number of para-hydroxylation sites is 2. The summed E-state index contributed by atoms with van der Waals surface area (Å²) >= 11 is 1.36. The summed E-state index contributed by atoms with van der Waals surface area (Å²) in [6.07, 6.45) is 2.00. The third-order valence-electron chi connectivity index (χ3n) is 5.50. The normalized spacial score (nSPS) is 15.8. The Bertz CT molecular complexity index is 1320. The van der Waals surface area contributed by atoms with Crippen molar-refractivity contribution in [3.63, 3.8) is 0 Å². The average molecular weight is 465 g/mol. The van der Waals surface area contributed by atoms with Gasteiger partial charge in [-0.05, 0) is 43.3 Å². The molecule has 1 aliphatic heterocycles. The van der Waals surface area contributed by atoms with E-state index < -0.39 is 0 Å². The standard InChI is InChI=1S/C23H21FN6O2S/c1-14-11-20(31)25-17-5-3-4-6-19(17)30(14)21(32)13-28(2)23-27-29-12-18(26-22(29)33-23)15-7-9-16(24)10-8-15/h3-10,12,14H,11,13H2,1-2H3,(H,25,31). The molecule has 0 bridgehead atoms. The first-order chi connectivity index (χ1) is 15.9. The molecule has 0 radical (unpaired) electrons. The minimum absolute atomic E-state index is 0.0916. The Balaban J connectivity index is 1.36. The molecule has 0 saturated heterocycles. The lowest BCUT2D eigenvalue weighted by molar-refractivity contribution is -0.118. The molecule has 4 aromatic rings. The number of carbonyl (C=O) groups excluding carboxylic acids is 2. The van der Waals surface area contributed by atoms with Crippen LogP contribution in [-0.4, -0.2) is 46.0 Å². The van der Waals surface area contributed by atoms with E-state index in [0.717, 1.165) is 5.56 Å². The summed E-state index contributed by atoms with van der Waals surface area (Å²) in [7, 11) is 1.80. The van der Waals surface area contributed by atoms with E-state index in [1.807, 2.05) is 25.1 Å². The van der Waals surface area contributed by atoms with Crippen LogP contribution in [-0.2, 0) is 9.59 Å². The van der Waals surface area contributed by atoms with E-state index in [1.54, 1.807) is 45.8 Å². The predicted octanol–water partition coefficient (Wildman–Crippen LogP) is 3.80. The summed E-state index contributed by atoms with van der Waals surface area (Å²) in [6, 6.07) is 13.2. The van der Waals surface area contributed by atoms with Gasteiger partial charge in [-0.2, -0.15) is 0 Å². The molecule has 0 aliphatic carbocycles. The number of nitrogens with one attached hydrogen (secondary N) is 1. The molecule has 5 rings (SSSR count). The first kappa shape index (κ1) is 21.1. The van der Waals surface area contributed by atoms with E-state index in [1.165, 1.54) is 23.5 Å². The second-order valence-corrected chi connectivity index (χ2v) is 8.92. The van der Waals surface area contributed by atoms with Crippen LogP contribution < -0.4 is 15.1 Å². The zero-order valence-electron chi connectivity index (χ0n) is 18.0. The van der Waals surface area contributed by atoms with Crippen molar-refractivity contribution < 1.29 is 14.0 Å². The van der Waals surface area contributed by atoms with Crippen LogP contribution in [0.2, 0.25) is 0 Å². The molecule has 33 heavy (non-hydrogen) atoms. The summed E-state index contributed by atoms with van der Waals surface area (Å²) in [5, 5.41) is 8.07. The fourth-order valence-electron chi connectivity index (χ4n) is 3.92. The van der Waals surface area contributed by atoms with Gasteiger partial charge in [0.2, 0.25) is 21.9 Å². The van der Waals surface area contributed by atoms with Gasteiger partial charge < -0.3 is 15.1 Å². The lowest BCUT2D eigenvalue weighted by Gasteiger charge is -2.29. The number of hydrogen-bond donors (Lipinski definition) is 1. The molecule has 0 spiro atoms. The summed E-state index contributed by atoms with van der Waals surface area (Å²) in [4.78, 5) is 34.2. The average Bonchev–Trinajstić information content (AvgIpc) is 3.31. The predicted molar refractivity (Wildman–Crippen MR) is 126 cm³/mol. The van der Waals surface area contributed by atoms with Gasteiger partial charge in [0.1, 0.15) is 5.82 Å². The minimum atomic E-state index is -0.298. The van der Waals surface area contributed by atoms with Gasteiger partial charge in [0.25, 0.3) is 0 Å². The smallest absolute Gasteiger partial charge is 0.246 e. The zero-order chi connectivity index (χ0) is 23.1. The van der Waals surface area contributed by atoms with E-state index in [0.29, 0.717) is 27.2 Å². The van der Waals surface area contributed by atoms with Crippen LogP contribution in [0.4, 0.5) is 20.9 Å². The maximum absolute atomic E-state index is 13.3. The minimum Gasteiger partial charge on any atom is -0.340 e. The van der Waals surface area contributed by atoms with Crippen LogP contribution in [0, 0.1) is 5.82 Å².